The van der Waals surface area contributed by atoms with E-state index in [9.17, 15) is 0 Å². The molecule has 6 heterocycles. The van der Waals surface area contributed by atoms with Gasteiger partial charge in [-0.3, -0.25) is 0 Å². The van der Waals surface area contributed by atoms with Crippen LogP contribution in [-0.2, 0) is 12.4 Å². The molecule has 0 unspecified atom stereocenters. The summed E-state index contributed by atoms with van der Waals surface area (Å²) in [5.74, 6) is 0. The van der Waals surface area contributed by atoms with Crippen molar-refractivity contribution in [2.45, 2.75) is 12.4 Å². The monoisotopic (exact) mass is 1560 g/mol. The topological polar surface area (TPSA) is 45.5 Å². The van der Waals surface area contributed by atoms with Gasteiger partial charge in [0.1, 0.15) is 11.1 Å². The van der Waals surface area contributed by atoms with Gasteiger partial charge in [0.15, 0.2) is 0 Å². The maximum atomic E-state index is 17.8. The van der Waals surface area contributed by atoms with Crippen LogP contribution in [0.1, 0.15) is 11.1 Å². The van der Waals surface area contributed by atoms with Crippen LogP contribution in [0.5, 0.6) is 0 Å². The van der Waals surface area contributed by atoms with Gasteiger partial charge >= 0.3 is 12.4 Å². The Morgan fingerprint density at radius 2 is 0.383 bits per heavy atom. The summed E-state index contributed by atoms with van der Waals surface area (Å²) < 4.78 is 113. The van der Waals surface area contributed by atoms with E-state index >= 15 is 26.3 Å². The number of para-hydroxylation sites is 2. The molecule has 0 aliphatic rings. The molecule has 0 bridgehead atoms. The summed E-state index contributed by atoms with van der Waals surface area (Å²) in [7, 11) is 0. The molecule has 0 fully saturated rings. The van der Waals surface area contributed by atoms with Crippen LogP contribution in [0, 0.1) is 0 Å². The van der Waals surface area contributed by atoms with E-state index in [2.05, 4.69) is 12.1 Å². The maximum absolute atomic E-state index is 17.8. The third kappa shape index (κ3) is 12.0. The van der Waals surface area contributed by atoms with E-state index in [-0.39, 0.29) is 22.7 Å². The number of halogens is 6. The minimum Gasteiger partial charge on any atom is -0.309 e. The Labute approximate surface area is 684 Å². The molecule has 0 aliphatic heterocycles. The molecule has 16 aromatic carbocycles. The van der Waals surface area contributed by atoms with Crippen molar-refractivity contribution in [2.24, 2.45) is 0 Å². The molecular formula is C108H66F6N6. The molecule has 6 nitrogen and oxygen atoms in total. The highest BCUT2D eigenvalue weighted by Crippen LogP contribution is 2.51. The highest BCUT2D eigenvalue weighted by molar-refractivity contribution is 6.16. The average Bonchev–Trinajstić information content (AvgIpc) is 1.55. The van der Waals surface area contributed by atoms with Gasteiger partial charge in [0.25, 0.3) is 0 Å². The first-order valence-corrected chi connectivity index (χ1v) is 39.8. The molecule has 6 aromatic heterocycles. The summed E-state index contributed by atoms with van der Waals surface area (Å²) in [5.41, 5.74) is 15.6. The van der Waals surface area contributed by atoms with Gasteiger partial charge in [0.2, 0.25) is 0 Å². The molecule has 0 spiro atoms. The van der Waals surface area contributed by atoms with Crippen LogP contribution in [0.2, 0.25) is 0 Å². The number of hydrogen-bond acceptors (Lipinski definition) is 2. The smallest absolute Gasteiger partial charge is 0.309 e. The van der Waals surface area contributed by atoms with Gasteiger partial charge < -0.3 is 18.3 Å². The van der Waals surface area contributed by atoms with E-state index in [1.165, 1.54) is 0 Å². The minimum atomic E-state index is -4.99. The fraction of sp³-hybridized carbons (Fsp3) is 0.0185. The normalized spacial score (nSPS) is 12.1. The number of pyridine rings is 2. The maximum Gasteiger partial charge on any atom is 0.420 e. The van der Waals surface area contributed by atoms with E-state index in [0.717, 1.165) is 77.2 Å². The van der Waals surface area contributed by atoms with Gasteiger partial charge in [0.05, 0.1) is 89.7 Å². The predicted octanol–water partition coefficient (Wildman–Crippen LogP) is 29.9. The van der Waals surface area contributed by atoms with Crippen LogP contribution < -0.4 is 0 Å². The molecule has 0 N–H and O–H groups in total. The van der Waals surface area contributed by atoms with Gasteiger partial charge in [-0.1, -0.05) is 279 Å². The summed E-state index contributed by atoms with van der Waals surface area (Å²) in [6.07, 6.45) is -9.96. The molecule has 0 saturated carbocycles. The minimum absolute atomic E-state index is 0.0835. The zero-order valence-corrected chi connectivity index (χ0v) is 64.1. The number of rotatable bonds is 13. The fourth-order valence-electron chi connectivity index (χ4n) is 18.2. The van der Waals surface area contributed by atoms with Gasteiger partial charge in [-0.15, -0.1) is 0 Å². The molecule has 22 aromatic rings. The fourth-order valence-corrected chi connectivity index (χ4v) is 18.2. The van der Waals surface area contributed by atoms with Gasteiger partial charge in [-0.05, 0) is 177 Å². The van der Waals surface area contributed by atoms with Crippen molar-refractivity contribution in [3.63, 3.8) is 0 Å². The van der Waals surface area contributed by atoms with E-state index in [4.69, 9.17) is 9.97 Å². The van der Waals surface area contributed by atoms with E-state index in [0.29, 0.717) is 111 Å². The molecule has 120 heavy (non-hydrogen) atoms. The number of aromatic nitrogens is 6. The number of nitrogens with zero attached hydrogens (tertiary/aromatic N) is 6. The van der Waals surface area contributed by atoms with Crippen LogP contribution in [0.3, 0.4) is 0 Å². The van der Waals surface area contributed by atoms with Crippen LogP contribution in [-0.4, -0.2) is 28.2 Å². The lowest BCUT2D eigenvalue weighted by Gasteiger charge is -2.23. The quantitative estimate of drug-likeness (QED) is 0.108. The first-order valence-electron chi connectivity index (χ1n) is 39.8. The van der Waals surface area contributed by atoms with E-state index in [1.807, 2.05) is 364 Å². The largest absolute Gasteiger partial charge is 0.420 e. The Balaban J connectivity index is 0.797. The highest BCUT2D eigenvalue weighted by Gasteiger charge is 2.42. The van der Waals surface area contributed by atoms with Crippen molar-refractivity contribution in [3.8, 4) is 123 Å². The molecular weight excluding hydrogens is 1500 g/mol. The lowest BCUT2D eigenvalue weighted by Crippen LogP contribution is -2.16. The number of alkyl halides is 6. The SMILES string of the molecule is FC(F)(F)c1c(-n2c3ccccc3c3cc(-c4ccccc4)ccc32)cc(-c2cccc(-c3ccccc3)n2)cc1-n1c2ccc(-c3ccccc3)cc2c2cc(-c3ccc4c(c3)c3ccc(-c5ccccc5)cc3n4-c3cc(-c4cccc(-c5ccccc5)n4)cc(-n4c5ccccc5c5ccc(-c6ccccc6)cc54)c3C(F)(F)F)ccc21. The molecule has 0 aliphatic carbocycles. The van der Waals surface area contributed by atoms with Gasteiger partial charge in [-0.25, -0.2) is 9.97 Å². The summed E-state index contributed by atoms with van der Waals surface area (Å²) in [6, 6.07) is 128. The second-order valence-electron chi connectivity index (χ2n) is 30.6. The first kappa shape index (κ1) is 71.2. The number of benzene rings is 16. The highest BCUT2D eigenvalue weighted by atomic mass is 19.4. The Bertz CT molecular complexity index is 7840. The summed E-state index contributed by atoms with van der Waals surface area (Å²) in [6.45, 7) is 0. The van der Waals surface area contributed by atoms with Crippen LogP contribution in [0.25, 0.3) is 211 Å². The molecule has 0 saturated heterocycles. The third-order valence-corrected chi connectivity index (χ3v) is 23.6. The Kier molecular flexibility index (Phi) is 16.7. The Morgan fingerprint density at radius 1 is 0.158 bits per heavy atom. The van der Waals surface area contributed by atoms with Crippen molar-refractivity contribution in [2.75, 3.05) is 0 Å². The summed E-state index contributed by atoms with van der Waals surface area (Å²) in [5, 5.41) is 5.84. The van der Waals surface area contributed by atoms with Crippen molar-refractivity contribution in [3.05, 3.63) is 412 Å². The number of hydrogen-bond donors (Lipinski definition) is 0. The Morgan fingerprint density at radius 3 is 0.708 bits per heavy atom. The van der Waals surface area contributed by atoms with Crippen LogP contribution in [0.15, 0.2) is 400 Å². The van der Waals surface area contributed by atoms with E-state index < -0.39 is 23.5 Å². The molecule has 12 heteroatoms. The molecule has 0 amide bonds. The lowest BCUT2D eigenvalue weighted by atomic mass is 9.99. The molecule has 570 valence electrons. The van der Waals surface area contributed by atoms with Gasteiger partial charge in [-0.2, -0.15) is 26.3 Å². The van der Waals surface area contributed by atoms with Crippen molar-refractivity contribution in [1.82, 2.24) is 28.2 Å². The second kappa shape index (κ2) is 28.2. The second-order valence-corrected chi connectivity index (χ2v) is 30.6. The number of fused-ring (bicyclic) bond motifs is 12. The molecule has 22 rings (SSSR count). The lowest BCUT2D eigenvalue weighted by molar-refractivity contribution is -0.138. The summed E-state index contributed by atoms with van der Waals surface area (Å²) >= 11 is 0. The molecule has 0 atom stereocenters. The zero-order chi connectivity index (χ0) is 80.5. The zero-order valence-electron chi connectivity index (χ0n) is 64.1. The van der Waals surface area contributed by atoms with Crippen LogP contribution in [0.4, 0.5) is 26.3 Å². The third-order valence-electron chi connectivity index (χ3n) is 23.6. The van der Waals surface area contributed by atoms with Crippen molar-refractivity contribution in [1.29, 1.82) is 0 Å². The van der Waals surface area contributed by atoms with Crippen molar-refractivity contribution < 1.29 is 26.3 Å². The summed E-state index contributed by atoms with van der Waals surface area (Å²) in [4.78, 5) is 10.5. The first-order chi connectivity index (χ1) is 58.8. The standard InChI is InChI=1S/C108H66F6N6/c109-107(110,111)105-101(117-94-44-22-20-38-82(94)85-57-73(47-53-95(85)117)67-25-7-1-8-26-67)63-79(91-41-23-39-89(115-91)71-33-15-5-16-34-71)64-102(105)118-97-54-48-74(68-27-9-2-10-28-68)58-87(97)88-60-76(50-56-98(88)118)75-49-55-96-86(59-75)84-52-46-78(70-31-13-4-14-32-70)62-100(84)120(96)104-66-80(92-42-24-40-90(116-92)72-35-17-6-18-36-72)65-103(106(104)108(112,113)114)119-93-43-21-19-37-81(93)83-51-45-77(61-99(83)119)69-29-11-3-12-30-69/h1-66H. The Hall–Kier alpha value is -15.4. The van der Waals surface area contributed by atoms with Gasteiger partial charge in [0, 0.05) is 65.3 Å². The predicted molar refractivity (Wildman–Crippen MR) is 478 cm³/mol. The van der Waals surface area contributed by atoms with Crippen LogP contribution >= 0.6 is 0 Å². The average molecular weight is 1560 g/mol. The molecule has 0 radical (unpaired) electrons. The van der Waals surface area contributed by atoms with E-state index in [1.54, 1.807) is 42.5 Å². The van der Waals surface area contributed by atoms with Crippen molar-refractivity contribution >= 4 is 87.2 Å².